The highest BCUT2D eigenvalue weighted by molar-refractivity contribution is 5.67. The number of benzene rings is 1. The molecule has 1 aromatic rings. The molecule has 0 spiro atoms. The molecule has 2 rings (SSSR count). The third-order valence-electron chi connectivity index (χ3n) is 4.07. The molecule has 1 aliphatic rings. The summed E-state index contributed by atoms with van der Waals surface area (Å²) in [5, 5.41) is 2.81. The number of rotatable bonds is 6. The normalized spacial score (nSPS) is 14.8. The summed E-state index contributed by atoms with van der Waals surface area (Å²) in [5.74, 6) is 0.928. The topological polar surface area (TPSA) is 50.8 Å². The lowest BCUT2D eigenvalue weighted by atomic mass is 9.99. The molecule has 134 valence electrons. The molecule has 0 fully saturated rings. The second-order valence-electron chi connectivity index (χ2n) is 7.30. The van der Waals surface area contributed by atoms with E-state index in [1.807, 2.05) is 26.8 Å². The van der Waals surface area contributed by atoms with E-state index in [0.717, 1.165) is 44.6 Å². The molecule has 0 bridgehead atoms. The maximum Gasteiger partial charge on any atom is 0.407 e. The number of ether oxygens (including phenoxy) is 2. The molecule has 1 aliphatic heterocycles. The Morgan fingerprint density at radius 3 is 2.75 bits per heavy atom. The van der Waals surface area contributed by atoms with Crippen LogP contribution < -0.4 is 10.1 Å². The minimum absolute atomic E-state index is 0.332. The Kier molecular flexibility index (Phi) is 6.49. The molecule has 1 aromatic carbocycles. The van der Waals surface area contributed by atoms with E-state index in [9.17, 15) is 4.79 Å². The number of unbranched alkanes of at least 4 members (excludes halogenated alkanes) is 1. The lowest BCUT2D eigenvalue weighted by Gasteiger charge is -2.29. The molecule has 0 radical (unpaired) electrons. The average Bonchev–Trinajstić information content (AvgIpc) is 2.52. The van der Waals surface area contributed by atoms with Gasteiger partial charge >= 0.3 is 6.09 Å². The Bertz CT molecular complexity index is 552. The number of amides is 1. The van der Waals surface area contributed by atoms with Crippen LogP contribution in [0, 0.1) is 0 Å². The van der Waals surface area contributed by atoms with Gasteiger partial charge in [-0.3, -0.25) is 4.90 Å². The highest BCUT2D eigenvalue weighted by Crippen LogP contribution is 2.23. The van der Waals surface area contributed by atoms with Crippen molar-refractivity contribution >= 4 is 6.09 Å². The van der Waals surface area contributed by atoms with Gasteiger partial charge in [-0.25, -0.2) is 4.79 Å². The number of alkyl carbamates (subject to hydrolysis) is 1. The van der Waals surface area contributed by atoms with Crippen molar-refractivity contribution in [3.05, 3.63) is 29.3 Å². The maximum atomic E-state index is 11.6. The van der Waals surface area contributed by atoms with Crippen LogP contribution in [0.5, 0.6) is 5.75 Å². The van der Waals surface area contributed by atoms with Crippen molar-refractivity contribution in [3.8, 4) is 5.75 Å². The smallest absolute Gasteiger partial charge is 0.407 e. The van der Waals surface area contributed by atoms with Crippen molar-refractivity contribution in [1.29, 1.82) is 0 Å². The third kappa shape index (κ3) is 6.04. The fraction of sp³-hybridized carbons (Fsp3) is 0.632. The van der Waals surface area contributed by atoms with Gasteiger partial charge in [0.05, 0.1) is 7.11 Å². The number of nitrogens with one attached hydrogen (secondary N) is 1. The van der Waals surface area contributed by atoms with E-state index in [-0.39, 0.29) is 6.09 Å². The monoisotopic (exact) mass is 334 g/mol. The Labute approximate surface area is 145 Å². The standard InChI is InChI=1S/C19H30N2O3/c1-19(2,3)24-18(22)20-10-5-6-11-21-12-9-15-7-8-17(23-4)13-16(15)14-21/h7-8,13H,5-6,9-12,14H2,1-4H3,(H,20,22). The van der Waals surface area contributed by atoms with Gasteiger partial charge < -0.3 is 14.8 Å². The molecule has 0 saturated carbocycles. The number of fused-ring (bicyclic) bond motifs is 1. The van der Waals surface area contributed by atoms with E-state index in [2.05, 4.69) is 22.3 Å². The summed E-state index contributed by atoms with van der Waals surface area (Å²) in [6, 6.07) is 6.36. The largest absolute Gasteiger partial charge is 0.497 e. The van der Waals surface area contributed by atoms with Gasteiger partial charge in [-0.2, -0.15) is 0 Å². The zero-order valence-electron chi connectivity index (χ0n) is 15.4. The van der Waals surface area contributed by atoms with Crippen molar-refractivity contribution < 1.29 is 14.3 Å². The van der Waals surface area contributed by atoms with Crippen LogP contribution in [0.3, 0.4) is 0 Å². The molecule has 1 N–H and O–H groups in total. The predicted molar refractivity (Wildman–Crippen MR) is 95.4 cm³/mol. The molecule has 0 aromatic heterocycles. The van der Waals surface area contributed by atoms with Crippen molar-refractivity contribution in [2.45, 2.75) is 52.2 Å². The van der Waals surface area contributed by atoms with Gasteiger partial charge in [-0.05, 0) is 69.8 Å². The van der Waals surface area contributed by atoms with Crippen LogP contribution in [0.15, 0.2) is 18.2 Å². The molecule has 5 nitrogen and oxygen atoms in total. The molecular weight excluding hydrogens is 304 g/mol. The maximum absolute atomic E-state index is 11.6. The highest BCUT2D eigenvalue weighted by atomic mass is 16.6. The predicted octanol–water partition coefficient (Wildman–Crippen LogP) is 3.36. The number of hydrogen-bond donors (Lipinski definition) is 1. The van der Waals surface area contributed by atoms with Gasteiger partial charge in [0.15, 0.2) is 0 Å². The van der Waals surface area contributed by atoms with Crippen LogP contribution >= 0.6 is 0 Å². The quantitative estimate of drug-likeness (QED) is 0.811. The van der Waals surface area contributed by atoms with Crippen molar-refractivity contribution in [3.63, 3.8) is 0 Å². The Morgan fingerprint density at radius 2 is 2.04 bits per heavy atom. The van der Waals surface area contributed by atoms with E-state index < -0.39 is 5.60 Å². The molecule has 5 heteroatoms. The van der Waals surface area contributed by atoms with Crippen LogP contribution in [0.4, 0.5) is 4.79 Å². The molecule has 1 amide bonds. The number of carbonyl (C=O) groups excluding carboxylic acids is 1. The molecule has 0 saturated heterocycles. The third-order valence-corrected chi connectivity index (χ3v) is 4.07. The number of hydrogen-bond acceptors (Lipinski definition) is 4. The zero-order chi connectivity index (χ0) is 17.6. The fourth-order valence-electron chi connectivity index (χ4n) is 2.87. The van der Waals surface area contributed by atoms with E-state index in [0.29, 0.717) is 6.54 Å². The van der Waals surface area contributed by atoms with Crippen LogP contribution in [-0.2, 0) is 17.7 Å². The first-order valence-electron chi connectivity index (χ1n) is 8.72. The molecule has 0 atom stereocenters. The first kappa shape index (κ1) is 18.6. The summed E-state index contributed by atoms with van der Waals surface area (Å²) >= 11 is 0. The number of methoxy groups -OCH3 is 1. The van der Waals surface area contributed by atoms with Crippen LogP contribution in [0.2, 0.25) is 0 Å². The van der Waals surface area contributed by atoms with Gasteiger partial charge in [0.1, 0.15) is 11.4 Å². The van der Waals surface area contributed by atoms with Crippen LogP contribution in [0.25, 0.3) is 0 Å². The summed E-state index contributed by atoms with van der Waals surface area (Å²) in [6.07, 6.45) is 2.78. The Balaban J connectivity index is 1.66. The van der Waals surface area contributed by atoms with Gasteiger partial charge in [0.25, 0.3) is 0 Å². The van der Waals surface area contributed by atoms with Gasteiger partial charge in [0.2, 0.25) is 0 Å². The summed E-state index contributed by atoms with van der Waals surface area (Å²) in [5.41, 5.74) is 2.36. The molecule has 0 aliphatic carbocycles. The van der Waals surface area contributed by atoms with Gasteiger partial charge in [-0.15, -0.1) is 0 Å². The van der Waals surface area contributed by atoms with Gasteiger partial charge in [-0.1, -0.05) is 6.07 Å². The summed E-state index contributed by atoms with van der Waals surface area (Å²) in [7, 11) is 1.71. The van der Waals surface area contributed by atoms with Crippen LogP contribution in [0.1, 0.15) is 44.7 Å². The lowest BCUT2D eigenvalue weighted by Crippen LogP contribution is -2.34. The van der Waals surface area contributed by atoms with E-state index in [1.54, 1.807) is 7.11 Å². The first-order chi connectivity index (χ1) is 11.4. The summed E-state index contributed by atoms with van der Waals surface area (Å²) in [4.78, 5) is 14.0. The summed E-state index contributed by atoms with van der Waals surface area (Å²) in [6.45, 7) is 9.39. The molecule has 1 heterocycles. The SMILES string of the molecule is COc1ccc2c(c1)CN(CCCCNC(=O)OC(C)(C)C)CC2. The molecule has 0 unspecified atom stereocenters. The van der Waals surface area contributed by atoms with Crippen LogP contribution in [-0.4, -0.2) is 43.3 Å². The van der Waals surface area contributed by atoms with Crippen molar-refractivity contribution in [1.82, 2.24) is 10.2 Å². The molecular formula is C19H30N2O3. The average molecular weight is 334 g/mol. The van der Waals surface area contributed by atoms with Crippen molar-refractivity contribution in [2.24, 2.45) is 0 Å². The van der Waals surface area contributed by atoms with Gasteiger partial charge in [0, 0.05) is 19.6 Å². The van der Waals surface area contributed by atoms with E-state index >= 15 is 0 Å². The minimum atomic E-state index is -0.438. The second-order valence-corrected chi connectivity index (χ2v) is 7.30. The summed E-state index contributed by atoms with van der Waals surface area (Å²) < 4.78 is 10.5. The first-order valence-corrected chi connectivity index (χ1v) is 8.72. The van der Waals surface area contributed by atoms with Crippen molar-refractivity contribution in [2.75, 3.05) is 26.7 Å². The Morgan fingerprint density at radius 1 is 1.25 bits per heavy atom. The number of nitrogens with zero attached hydrogens (tertiary/aromatic N) is 1. The highest BCUT2D eigenvalue weighted by Gasteiger charge is 2.17. The minimum Gasteiger partial charge on any atom is -0.497 e. The lowest BCUT2D eigenvalue weighted by molar-refractivity contribution is 0.0526. The van der Waals surface area contributed by atoms with E-state index in [1.165, 1.54) is 11.1 Å². The number of carbonyl (C=O) groups is 1. The fourth-order valence-corrected chi connectivity index (χ4v) is 2.87. The van der Waals surface area contributed by atoms with E-state index in [4.69, 9.17) is 9.47 Å². The Hall–Kier alpha value is -1.75. The molecule has 24 heavy (non-hydrogen) atoms. The second kappa shape index (κ2) is 8.38. The zero-order valence-corrected chi connectivity index (χ0v) is 15.4.